The highest BCUT2D eigenvalue weighted by atomic mass is 32.2. The van der Waals surface area contributed by atoms with Crippen LogP contribution in [0.2, 0.25) is 0 Å². The van der Waals surface area contributed by atoms with Gasteiger partial charge in [-0.25, -0.2) is 23.4 Å². The number of nitriles is 1. The summed E-state index contributed by atoms with van der Waals surface area (Å²) < 4.78 is 23.2. The first kappa shape index (κ1) is 17.6. The number of sulfone groups is 1. The van der Waals surface area contributed by atoms with E-state index in [2.05, 4.69) is 26.0 Å². The van der Waals surface area contributed by atoms with Gasteiger partial charge < -0.3 is 4.98 Å². The van der Waals surface area contributed by atoms with Crippen molar-refractivity contribution in [2.75, 3.05) is 6.26 Å². The molecule has 0 saturated carbocycles. The van der Waals surface area contributed by atoms with Crippen LogP contribution in [0.3, 0.4) is 0 Å². The van der Waals surface area contributed by atoms with Gasteiger partial charge in [0.25, 0.3) is 0 Å². The average Bonchev–Trinajstić information content (AvgIpc) is 3.10. The van der Waals surface area contributed by atoms with Crippen LogP contribution in [0, 0.1) is 11.3 Å². The van der Waals surface area contributed by atoms with Crippen LogP contribution in [0.25, 0.3) is 33.8 Å². The van der Waals surface area contributed by atoms with Crippen molar-refractivity contribution in [3.63, 3.8) is 0 Å². The van der Waals surface area contributed by atoms with Crippen LogP contribution in [0.4, 0.5) is 5.82 Å². The number of hydrogen-bond donors (Lipinski definition) is 1. The molecule has 2 N–H and O–H groups in total. The van der Waals surface area contributed by atoms with Gasteiger partial charge in [-0.15, -0.1) is 0 Å². The van der Waals surface area contributed by atoms with Gasteiger partial charge in [-0.2, -0.15) is 5.26 Å². The monoisotopic (exact) mass is 389 g/mol. The van der Waals surface area contributed by atoms with Gasteiger partial charge in [0.15, 0.2) is 27.2 Å². The lowest BCUT2D eigenvalue weighted by atomic mass is 10.1. The van der Waals surface area contributed by atoms with Crippen molar-refractivity contribution >= 4 is 26.7 Å². The molecular formula is C19H13N6O2S. The Hall–Kier alpha value is -3.77. The molecule has 0 aliphatic heterocycles. The lowest BCUT2D eigenvalue weighted by molar-refractivity contribution is 0.602. The SMILES string of the molecule is CS(=O)(=O)c1ccc(-c2cnc([NH])c(-c3nc4ccc(C#N)cc4[nH]3)n2)cc1. The van der Waals surface area contributed by atoms with E-state index in [9.17, 15) is 8.42 Å². The summed E-state index contributed by atoms with van der Waals surface area (Å²) in [5, 5.41) is 9.02. The Morgan fingerprint density at radius 2 is 1.86 bits per heavy atom. The second-order valence-corrected chi connectivity index (χ2v) is 8.19. The Bertz CT molecular complexity index is 1350. The van der Waals surface area contributed by atoms with E-state index in [-0.39, 0.29) is 16.4 Å². The molecular weight excluding hydrogens is 376 g/mol. The fourth-order valence-corrected chi connectivity index (χ4v) is 3.39. The van der Waals surface area contributed by atoms with Gasteiger partial charge in [-0.05, 0) is 30.3 Å². The number of nitrogens with one attached hydrogen (secondary N) is 2. The number of aromatic amines is 1. The number of rotatable bonds is 3. The van der Waals surface area contributed by atoms with E-state index in [0.717, 1.165) is 6.26 Å². The van der Waals surface area contributed by atoms with Gasteiger partial charge in [-0.1, -0.05) is 12.1 Å². The number of nitrogens with zero attached hydrogens (tertiary/aromatic N) is 4. The third-order valence-corrected chi connectivity index (χ3v) is 5.31. The maximum Gasteiger partial charge on any atom is 0.175 e. The molecule has 137 valence electrons. The molecule has 8 nitrogen and oxygen atoms in total. The van der Waals surface area contributed by atoms with Gasteiger partial charge in [0, 0.05) is 11.8 Å². The third kappa shape index (κ3) is 3.17. The minimum absolute atomic E-state index is 0.0453. The minimum Gasteiger partial charge on any atom is -0.336 e. The Balaban J connectivity index is 1.78. The Morgan fingerprint density at radius 3 is 2.54 bits per heavy atom. The zero-order valence-corrected chi connectivity index (χ0v) is 15.4. The van der Waals surface area contributed by atoms with Crippen molar-refractivity contribution in [3.8, 4) is 28.8 Å². The van der Waals surface area contributed by atoms with Crippen molar-refractivity contribution in [2.24, 2.45) is 0 Å². The van der Waals surface area contributed by atoms with Gasteiger partial charge in [0.2, 0.25) is 0 Å². The van der Waals surface area contributed by atoms with Crippen LogP contribution >= 0.6 is 0 Å². The first-order valence-electron chi connectivity index (χ1n) is 8.14. The predicted molar refractivity (Wildman–Crippen MR) is 103 cm³/mol. The number of hydrogen-bond acceptors (Lipinski definition) is 6. The molecule has 0 fully saturated rings. The molecule has 0 aliphatic rings. The molecule has 0 aliphatic carbocycles. The topological polar surface area (TPSA) is 136 Å². The van der Waals surface area contributed by atoms with Crippen LogP contribution in [0.5, 0.6) is 0 Å². The van der Waals surface area contributed by atoms with E-state index in [1.807, 2.05) is 0 Å². The molecule has 4 rings (SSSR count). The average molecular weight is 389 g/mol. The van der Waals surface area contributed by atoms with E-state index < -0.39 is 9.84 Å². The molecule has 0 saturated heterocycles. The molecule has 28 heavy (non-hydrogen) atoms. The summed E-state index contributed by atoms with van der Waals surface area (Å²) in [6.07, 6.45) is 2.60. The number of H-pyrrole nitrogens is 1. The van der Waals surface area contributed by atoms with Gasteiger partial charge in [0.1, 0.15) is 0 Å². The quantitative estimate of drug-likeness (QED) is 0.572. The molecule has 0 bridgehead atoms. The zero-order chi connectivity index (χ0) is 19.9. The molecule has 0 spiro atoms. The Kier molecular flexibility index (Phi) is 4.05. The highest BCUT2D eigenvalue weighted by Gasteiger charge is 2.15. The molecule has 2 aromatic heterocycles. The maximum absolute atomic E-state index is 11.6. The van der Waals surface area contributed by atoms with Crippen LogP contribution < -0.4 is 5.73 Å². The standard InChI is InChI=1S/C19H13N6O2S/c1-28(26,27)13-5-3-12(4-6-13)16-10-22-18(21)17(23-16)19-24-14-7-2-11(9-20)8-15(14)25-19/h2-8,10,21H,1H3,(H,24,25). The summed E-state index contributed by atoms with van der Waals surface area (Å²) in [5.74, 6) is 0.327. The fourth-order valence-electron chi connectivity index (χ4n) is 2.76. The molecule has 1 radical (unpaired) electrons. The summed E-state index contributed by atoms with van der Waals surface area (Å²) in [7, 11) is -3.28. The number of aromatic nitrogens is 4. The molecule has 0 amide bonds. The van der Waals surface area contributed by atoms with Gasteiger partial charge >= 0.3 is 0 Å². The van der Waals surface area contributed by atoms with Crippen molar-refractivity contribution in [1.82, 2.24) is 25.7 Å². The van der Waals surface area contributed by atoms with Crippen LogP contribution in [0.1, 0.15) is 5.56 Å². The number of benzene rings is 2. The van der Waals surface area contributed by atoms with Gasteiger partial charge in [-0.3, -0.25) is 5.73 Å². The van der Waals surface area contributed by atoms with E-state index in [1.54, 1.807) is 30.3 Å². The van der Waals surface area contributed by atoms with Crippen LogP contribution in [-0.4, -0.2) is 34.6 Å². The summed E-state index contributed by atoms with van der Waals surface area (Å²) in [5.41, 5.74) is 11.3. The first-order chi connectivity index (χ1) is 13.3. The number of imidazole rings is 1. The molecule has 2 heterocycles. The van der Waals surface area contributed by atoms with Crippen LogP contribution in [0.15, 0.2) is 53.6 Å². The Morgan fingerprint density at radius 1 is 1.11 bits per heavy atom. The number of fused-ring (bicyclic) bond motifs is 1. The normalized spacial score (nSPS) is 11.4. The van der Waals surface area contributed by atoms with Crippen molar-refractivity contribution in [1.29, 1.82) is 5.26 Å². The highest BCUT2D eigenvalue weighted by molar-refractivity contribution is 7.90. The predicted octanol–water partition coefficient (Wildman–Crippen LogP) is 2.88. The molecule has 2 aromatic carbocycles. The van der Waals surface area contributed by atoms with Crippen molar-refractivity contribution in [3.05, 3.63) is 54.2 Å². The summed E-state index contributed by atoms with van der Waals surface area (Å²) >= 11 is 0. The van der Waals surface area contributed by atoms with E-state index in [4.69, 9.17) is 11.0 Å². The molecule has 0 unspecified atom stereocenters. The molecule has 0 atom stereocenters. The maximum atomic E-state index is 11.6. The molecule has 4 aromatic rings. The summed E-state index contributed by atoms with van der Waals surface area (Å²) in [6, 6.07) is 13.4. The lowest BCUT2D eigenvalue weighted by Gasteiger charge is -2.05. The van der Waals surface area contributed by atoms with Crippen molar-refractivity contribution in [2.45, 2.75) is 4.90 Å². The smallest absolute Gasteiger partial charge is 0.175 e. The van der Waals surface area contributed by atoms with Crippen LogP contribution in [-0.2, 0) is 9.84 Å². The van der Waals surface area contributed by atoms with Gasteiger partial charge in [0.05, 0.1) is 39.5 Å². The minimum atomic E-state index is -3.28. The van der Waals surface area contributed by atoms with E-state index >= 15 is 0 Å². The largest absolute Gasteiger partial charge is 0.336 e. The van der Waals surface area contributed by atoms with Crippen molar-refractivity contribution < 1.29 is 8.42 Å². The second kappa shape index (κ2) is 6.44. The highest BCUT2D eigenvalue weighted by Crippen LogP contribution is 2.27. The third-order valence-electron chi connectivity index (χ3n) is 4.19. The Labute approximate surface area is 160 Å². The second-order valence-electron chi connectivity index (χ2n) is 6.18. The summed E-state index contributed by atoms with van der Waals surface area (Å²) in [4.78, 5) is 16.3. The lowest BCUT2D eigenvalue weighted by Crippen LogP contribution is -1.97. The zero-order valence-electron chi connectivity index (χ0n) is 14.6. The van der Waals surface area contributed by atoms with E-state index in [1.165, 1.54) is 18.3 Å². The fraction of sp³-hybridized carbons (Fsp3) is 0.0526. The first-order valence-corrected chi connectivity index (χ1v) is 10.0. The van der Waals surface area contributed by atoms with E-state index in [0.29, 0.717) is 33.7 Å². The molecule has 9 heteroatoms. The summed E-state index contributed by atoms with van der Waals surface area (Å²) in [6.45, 7) is 0.